The minimum Gasteiger partial charge on any atom is -0.494 e. The van der Waals surface area contributed by atoms with Crippen LogP contribution < -0.4 is 20.3 Å². The molecule has 4 heterocycles. The molecule has 0 aliphatic carbocycles. The third kappa shape index (κ3) is 11.2. The molecule has 0 spiro atoms. The number of hydrogen-bond acceptors (Lipinski definition) is 8. The average molecular weight is 682 g/mol. The van der Waals surface area contributed by atoms with Gasteiger partial charge in [-0.2, -0.15) is 0 Å². The van der Waals surface area contributed by atoms with Crippen LogP contribution in [0, 0.1) is 11.8 Å². The lowest BCUT2D eigenvalue weighted by Gasteiger charge is -2.34. The maximum Gasteiger partial charge on any atom is 0.251 e. The lowest BCUT2D eigenvalue weighted by molar-refractivity contribution is 0.0931. The first-order valence-corrected chi connectivity index (χ1v) is 19.3. The van der Waals surface area contributed by atoms with Crippen molar-refractivity contribution in [2.45, 2.75) is 83.3 Å². The van der Waals surface area contributed by atoms with Gasteiger partial charge < -0.3 is 20.3 Å². The molecule has 1 aromatic heterocycles. The number of nitrogens with one attached hydrogen (secondary N) is 2. The molecule has 0 saturated carbocycles. The van der Waals surface area contributed by atoms with Gasteiger partial charge in [0.1, 0.15) is 5.75 Å². The maximum absolute atomic E-state index is 13.0. The van der Waals surface area contributed by atoms with Crippen LogP contribution in [0.2, 0.25) is 0 Å². The molecule has 270 valence electrons. The van der Waals surface area contributed by atoms with E-state index >= 15 is 0 Å². The highest BCUT2D eigenvalue weighted by atomic mass is 16.5. The van der Waals surface area contributed by atoms with Gasteiger partial charge in [-0.1, -0.05) is 43.5 Å². The maximum atomic E-state index is 13.0. The Bertz CT molecular complexity index is 1400. The van der Waals surface area contributed by atoms with E-state index in [4.69, 9.17) is 4.74 Å². The number of aromatic nitrogens is 2. The number of rotatable bonds is 16. The molecule has 3 aromatic rings. The van der Waals surface area contributed by atoms with E-state index in [1.807, 2.05) is 25.2 Å². The molecular weight excluding hydrogens is 622 g/mol. The van der Waals surface area contributed by atoms with Gasteiger partial charge in [-0.3, -0.25) is 14.6 Å². The van der Waals surface area contributed by atoms with Crippen molar-refractivity contribution in [1.29, 1.82) is 0 Å². The van der Waals surface area contributed by atoms with Crippen molar-refractivity contribution in [3.8, 4) is 5.75 Å². The first-order chi connectivity index (χ1) is 24.6. The van der Waals surface area contributed by atoms with Crippen molar-refractivity contribution in [3.05, 3.63) is 83.7 Å². The van der Waals surface area contributed by atoms with Gasteiger partial charge in [-0.05, 0) is 138 Å². The lowest BCUT2D eigenvalue weighted by Crippen LogP contribution is -2.45. The number of hydrogen-bond donors (Lipinski definition) is 2. The van der Waals surface area contributed by atoms with Crippen LogP contribution in [0.3, 0.4) is 0 Å². The number of carbonyl (C=O) groups excluding carboxylic acids is 1. The van der Waals surface area contributed by atoms with Gasteiger partial charge in [0.15, 0.2) is 0 Å². The summed E-state index contributed by atoms with van der Waals surface area (Å²) < 4.78 is 5.85. The highest BCUT2D eigenvalue weighted by Crippen LogP contribution is 2.28. The Morgan fingerprint density at radius 2 is 1.30 bits per heavy atom. The van der Waals surface area contributed by atoms with Crippen molar-refractivity contribution in [2.75, 3.05) is 64.4 Å². The molecule has 2 aromatic carbocycles. The second-order valence-electron chi connectivity index (χ2n) is 14.8. The Hall–Kier alpha value is -3.53. The van der Waals surface area contributed by atoms with Crippen LogP contribution in [-0.4, -0.2) is 91.2 Å². The Labute approximate surface area is 300 Å². The van der Waals surface area contributed by atoms with Crippen LogP contribution in [0.25, 0.3) is 0 Å². The molecule has 0 bridgehead atoms. The number of carbonyl (C=O) groups is 1. The Morgan fingerprint density at radius 3 is 1.86 bits per heavy atom. The summed E-state index contributed by atoms with van der Waals surface area (Å²) >= 11 is 0. The number of anilines is 1. The summed E-state index contributed by atoms with van der Waals surface area (Å²) in [7, 11) is 1.98. The highest BCUT2D eigenvalue weighted by Gasteiger charge is 2.24. The van der Waals surface area contributed by atoms with Gasteiger partial charge >= 0.3 is 0 Å². The van der Waals surface area contributed by atoms with Crippen LogP contribution in [0.15, 0.2) is 67.0 Å². The van der Waals surface area contributed by atoms with E-state index in [0.717, 1.165) is 87.7 Å². The van der Waals surface area contributed by atoms with E-state index in [-0.39, 0.29) is 11.9 Å². The standard InChI is InChI=1S/C41H59N7O2/c1-42-21-4-30-50-39-13-9-36(10-14-39)32-47-26-17-34(18-27-47)6-2-5-33-15-24-46(25-16-33)31-35-7-11-37(12-8-35)40(49)45-38-19-28-48(29-20-38)41-43-22-3-23-44-41/h3,7-14,22-23,33-34,38,42H,2,4-6,15-21,24-32H2,1H3,(H,45,49). The predicted molar refractivity (Wildman–Crippen MR) is 202 cm³/mol. The zero-order chi connectivity index (χ0) is 34.4. The van der Waals surface area contributed by atoms with Crippen molar-refractivity contribution < 1.29 is 9.53 Å². The summed E-state index contributed by atoms with van der Waals surface area (Å²) in [5, 5.41) is 6.41. The van der Waals surface area contributed by atoms with E-state index < -0.39 is 0 Å². The summed E-state index contributed by atoms with van der Waals surface area (Å²) in [5.74, 6) is 3.55. The zero-order valence-corrected chi connectivity index (χ0v) is 30.3. The molecule has 3 aliphatic heterocycles. The number of nitrogens with zero attached hydrogens (tertiary/aromatic N) is 5. The second kappa shape index (κ2) is 19.2. The molecule has 0 radical (unpaired) electrons. The number of benzene rings is 2. The minimum absolute atomic E-state index is 0.0284. The molecule has 9 nitrogen and oxygen atoms in total. The summed E-state index contributed by atoms with van der Waals surface area (Å²) in [5.41, 5.74) is 3.43. The molecule has 50 heavy (non-hydrogen) atoms. The SMILES string of the molecule is CNCCCOc1ccc(CN2CCC(CCCC3CCN(Cc4ccc(C(=O)NC5CCN(c6ncccn6)CC5)cc4)CC3)CC2)cc1. The van der Waals surface area contributed by atoms with Crippen molar-refractivity contribution >= 4 is 11.9 Å². The number of ether oxygens (including phenoxy) is 1. The third-order valence-corrected chi connectivity index (χ3v) is 11.1. The average Bonchev–Trinajstić information content (AvgIpc) is 3.16. The fourth-order valence-electron chi connectivity index (χ4n) is 7.92. The zero-order valence-electron chi connectivity index (χ0n) is 30.3. The number of piperidine rings is 3. The summed E-state index contributed by atoms with van der Waals surface area (Å²) in [6, 6.07) is 19.0. The number of amides is 1. The summed E-state index contributed by atoms with van der Waals surface area (Å²) in [4.78, 5) is 29.1. The van der Waals surface area contributed by atoms with E-state index in [1.165, 1.54) is 82.3 Å². The normalized spacial score (nSPS) is 18.7. The highest BCUT2D eigenvalue weighted by molar-refractivity contribution is 5.94. The number of likely N-dealkylation sites (tertiary alicyclic amines) is 2. The summed E-state index contributed by atoms with van der Waals surface area (Å²) in [6.45, 7) is 10.3. The molecular formula is C41H59N7O2. The predicted octanol–water partition coefficient (Wildman–Crippen LogP) is 6.16. The molecule has 3 fully saturated rings. The van der Waals surface area contributed by atoms with Crippen LogP contribution >= 0.6 is 0 Å². The fourth-order valence-corrected chi connectivity index (χ4v) is 7.92. The molecule has 1 amide bonds. The monoisotopic (exact) mass is 681 g/mol. The summed E-state index contributed by atoms with van der Waals surface area (Å²) in [6.07, 6.45) is 15.9. The Balaban J connectivity index is 0.809. The lowest BCUT2D eigenvalue weighted by atomic mass is 9.86. The van der Waals surface area contributed by atoms with Gasteiger partial charge in [-0.25, -0.2) is 9.97 Å². The Morgan fingerprint density at radius 1 is 0.740 bits per heavy atom. The van der Waals surface area contributed by atoms with Crippen LogP contribution in [0.5, 0.6) is 5.75 Å². The Kier molecular flexibility index (Phi) is 13.9. The molecule has 0 unspecified atom stereocenters. The minimum atomic E-state index is 0.0284. The van der Waals surface area contributed by atoms with E-state index in [0.29, 0.717) is 0 Å². The largest absolute Gasteiger partial charge is 0.494 e. The van der Waals surface area contributed by atoms with Gasteiger partial charge in [0.05, 0.1) is 6.61 Å². The molecule has 6 rings (SSSR count). The molecule has 3 aliphatic rings. The van der Waals surface area contributed by atoms with Crippen molar-refractivity contribution in [2.24, 2.45) is 11.8 Å². The van der Waals surface area contributed by atoms with Crippen LogP contribution in [-0.2, 0) is 13.1 Å². The first kappa shape index (κ1) is 36.3. The van der Waals surface area contributed by atoms with E-state index in [9.17, 15) is 4.79 Å². The fraction of sp³-hybridized carbons (Fsp3) is 0.585. The molecule has 9 heteroatoms. The van der Waals surface area contributed by atoms with Gasteiger partial charge in [0, 0.05) is 50.2 Å². The first-order valence-electron chi connectivity index (χ1n) is 19.3. The van der Waals surface area contributed by atoms with Gasteiger partial charge in [0.2, 0.25) is 5.95 Å². The van der Waals surface area contributed by atoms with Crippen molar-refractivity contribution in [3.63, 3.8) is 0 Å². The third-order valence-electron chi connectivity index (χ3n) is 11.1. The van der Waals surface area contributed by atoms with E-state index in [1.54, 1.807) is 12.4 Å². The topological polar surface area (TPSA) is 85.9 Å². The van der Waals surface area contributed by atoms with Gasteiger partial charge in [-0.15, -0.1) is 0 Å². The van der Waals surface area contributed by atoms with E-state index in [2.05, 4.69) is 71.7 Å². The van der Waals surface area contributed by atoms with Crippen molar-refractivity contribution in [1.82, 2.24) is 30.4 Å². The second-order valence-corrected chi connectivity index (χ2v) is 14.8. The van der Waals surface area contributed by atoms with Crippen LogP contribution in [0.4, 0.5) is 5.95 Å². The quantitative estimate of drug-likeness (QED) is 0.174. The molecule has 0 atom stereocenters. The smallest absolute Gasteiger partial charge is 0.251 e. The van der Waals surface area contributed by atoms with Gasteiger partial charge in [0.25, 0.3) is 5.91 Å². The molecule has 2 N–H and O–H groups in total. The van der Waals surface area contributed by atoms with Crippen LogP contribution in [0.1, 0.15) is 85.7 Å². The molecule has 3 saturated heterocycles.